The number of rotatable bonds is 7. The molecule has 0 spiro atoms. The Labute approximate surface area is 210 Å². The third-order valence-electron chi connectivity index (χ3n) is 7.02. The number of piperidine rings is 1. The number of nitrogens with zero attached hydrogens (tertiary/aromatic N) is 3. The molecule has 2 aliphatic rings. The first-order valence-electron chi connectivity index (χ1n) is 12.3. The minimum atomic E-state index is -3.57. The fraction of sp³-hybridized carbons (Fsp3) is 0.500. The van der Waals surface area contributed by atoms with Crippen LogP contribution in [0.2, 0.25) is 0 Å². The van der Waals surface area contributed by atoms with Crippen LogP contribution in [0.5, 0.6) is 0 Å². The lowest BCUT2D eigenvalue weighted by Crippen LogP contribution is -2.39. The van der Waals surface area contributed by atoms with Gasteiger partial charge in [-0.2, -0.15) is 4.31 Å². The minimum Gasteiger partial charge on any atom is -0.376 e. The van der Waals surface area contributed by atoms with Crippen molar-refractivity contribution >= 4 is 32.8 Å². The van der Waals surface area contributed by atoms with Crippen molar-refractivity contribution in [1.82, 2.24) is 13.9 Å². The van der Waals surface area contributed by atoms with E-state index < -0.39 is 10.0 Å². The predicted molar refractivity (Wildman–Crippen MR) is 137 cm³/mol. The zero-order chi connectivity index (χ0) is 24.6. The fourth-order valence-corrected chi connectivity index (χ4v) is 7.68. The van der Waals surface area contributed by atoms with Crippen LogP contribution in [0.25, 0.3) is 11.0 Å². The monoisotopic (exact) mass is 517 g/mol. The summed E-state index contributed by atoms with van der Waals surface area (Å²) < 4.78 is 50.2. The summed E-state index contributed by atoms with van der Waals surface area (Å²) >= 11 is 1.54. The Hall–Kier alpha value is -1.94. The van der Waals surface area contributed by atoms with E-state index in [0.29, 0.717) is 41.7 Å². The smallest absolute Gasteiger partial charge is 0.243 e. The molecule has 3 aromatic rings. The molecule has 0 bridgehead atoms. The maximum atomic E-state index is 13.8. The molecule has 0 unspecified atom stereocenters. The highest BCUT2D eigenvalue weighted by atomic mass is 32.2. The minimum absolute atomic E-state index is 0.112. The number of ether oxygens (including phenoxy) is 1. The second kappa shape index (κ2) is 10.2. The lowest BCUT2D eigenvalue weighted by atomic mass is 10.0. The largest absolute Gasteiger partial charge is 0.376 e. The van der Waals surface area contributed by atoms with Gasteiger partial charge in [-0.25, -0.2) is 17.8 Å². The van der Waals surface area contributed by atoms with E-state index in [9.17, 15) is 12.8 Å². The Kier molecular flexibility index (Phi) is 7.21. The number of thioether (sulfide) groups is 1. The molecular weight excluding hydrogens is 485 g/mol. The number of sulfonamides is 1. The maximum Gasteiger partial charge on any atom is 0.243 e. The Morgan fingerprint density at radius 3 is 2.80 bits per heavy atom. The number of fused-ring (bicyclic) bond motifs is 1. The van der Waals surface area contributed by atoms with Crippen LogP contribution in [0.15, 0.2) is 46.5 Å². The molecule has 5 rings (SSSR count). The molecule has 2 aliphatic heterocycles. The first-order chi connectivity index (χ1) is 16.8. The normalized spacial score (nSPS) is 21.7. The van der Waals surface area contributed by atoms with Crippen LogP contribution in [-0.4, -0.2) is 48.1 Å². The molecule has 6 nitrogen and oxygen atoms in total. The highest BCUT2D eigenvalue weighted by Crippen LogP contribution is 2.32. The van der Waals surface area contributed by atoms with Gasteiger partial charge in [-0.05, 0) is 80.0 Å². The number of hydrogen-bond donors (Lipinski definition) is 0. The molecule has 2 atom stereocenters. The zero-order valence-electron chi connectivity index (χ0n) is 20.2. The van der Waals surface area contributed by atoms with E-state index in [1.807, 2.05) is 13.0 Å². The SMILES string of the molecule is Cc1ccc(F)cc1CSc1nc2cc(S(=O)(=O)N3CCC[C@H](C)C3)ccc2n1C[C@H]1CCCO1. The van der Waals surface area contributed by atoms with Gasteiger partial charge >= 0.3 is 0 Å². The van der Waals surface area contributed by atoms with Crippen LogP contribution >= 0.6 is 11.8 Å². The van der Waals surface area contributed by atoms with Crippen LogP contribution in [0, 0.1) is 18.7 Å². The standard InChI is InChI=1S/C26H32FN3O3S2/c1-18-5-3-11-29(15-18)35(31,32)23-9-10-25-24(14-23)28-26(30(25)16-22-6-4-12-33-22)34-17-20-13-21(27)8-7-19(20)2/h7-10,13-14,18,22H,3-6,11-12,15-17H2,1-2H3/t18-,22+/m0/s1. The van der Waals surface area contributed by atoms with Crippen molar-refractivity contribution in [2.75, 3.05) is 19.7 Å². The van der Waals surface area contributed by atoms with E-state index in [4.69, 9.17) is 9.72 Å². The molecule has 0 N–H and O–H groups in total. The number of aromatic nitrogens is 2. The van der Waals surface area contributed by atoms with Gasteiger partial charge in [-0.1, -0.05) is 24.8 Å². The van der Waals surface area contributed by atoms with Crippen LogP contribution in [0.3, 0.4) is 0 Å². The van der Waals surface area contributed by atoms with Crippen molar-refractivity contribution in [2.45, 2.75) is 68.0 Å². The highest BCUT2D eigenvalue weighted by Gasteiger charge is 2.29. The summed E-state index contributed by atoms with van der Waals surface area (Å²) in [6.45, 7) is 6.62. The Morgan fingerprint density at radius 1 is 1.17 bits per heavy atom. The Morgan fingerprint density at radius 2 is 2.03 bits per heavy atom. The highest BCUT2D eigenvalue weighted by molar-refractivity contribution is 7.98. The van der Waals surface area contributed by atoms with Gasteiger partial charge in [0.25, 0.3) is 0 Å². The van der Waals surface area contributed by atoms with Gasteiger partial charge in [-0.3, -0.25) is 0 Å². The third kappa shape index (κ3) is 5.28. The van der Waals surface area contributed by atoms with Gasteiger partial charge < -0.3 is 9.30 Å². The van der Waals surface area contributed by atoms with Crippen molar-refractivity contribution in [2.24, 2.45) is 5.92 Å². The molecule has 2 fully saturated rings. The number of aryl methyl sites for hydroxylation is 1. The summed E-state index contributed by atoms with van der Waals surface area (Å²) in [6, 6.07) is 10.1. The van der Waals surface area contributed by atoms with E-state index in [1.165, 1.54) is 6.07 Å². The van der Waals surface area contributed by atoms with Crippen molar-refractivity contribution < 1.29 is 17.5 Å². The molecule has 0 aliphatic carbocycles. The summed E-state index contributed by atoms with van der Waals surface area (Å²) in [5, 5.41) is 0.792. The number of hydrogen-bond acceptors (Lipinski definition) is 5. The first-order valence-corrected chi connectivity index (χ1v) is 14.7. The zero-order valence-corrected chi connectivity index (χ0v) is 21.9. The lowest BCUT2D eigenvalue weighted by molar-refractivity contribution is 0.0960. The lowest BCUT2D eigenvalue weighted by Gasteiger charge is -2.30. The van der Waals surface area contributed by atoms with Gasteiger partial charge in [0, 0.05) is 25.4 Å². The quantitative estimate of drug-likeness (QED) is 0.394. The number of benzene rings is 2. The average Bonchev–Trinajstić information content (AvgIpc) is 3.47. The van der Waals surface area contributed by atoms with E-state index in [-0.39, 0.29) is 11.9 Å². The first kappa shape index (κ1) is 24.7. The number of halogens is 1. The average molecular weight is 518 g/mol. The second-order valence-corrected chi connectivity index (χ2v) is 12.6. The molecule has 0 saturated carbocycles. The Balaban J connectivity index is 1.48. The van der Waals surface area contributed by atoms with Gasteiger partial charge in [0.2, 0.25) is 10.0 Å². The van der Waals surface area contributed by atoms with Crippen molar-refractivity contribution in [3.63, 3.8) is 0 Å². The molecular formula is C26H32FN3O3S2. The molecule has 0 radical (unpaired) electrons. The van der Waals surface area contributed by atoms with Gasteiger partial charge in [0.1, 0.15) is 5.82 Å². The molecule has 188 valence electrons. The summed E-state index contributed by atoms with van der Waals surface area (Å²) in [5.74, 6) is 0.693. The van der Waals surface area contributed by atoms with Gasteiger partial charge in [0.15, 0.2) is 5.16 Å². The van der Waals surface area contributed by atoms with Crippen LogP contribution < -0.4 is 0 Å². The molecule has 3 heterocycles. The van der Waals surface area contributed by atoms with Crippen molar-refractivity contribution in [3.05, 3.63) is 53.3 Å². The second-order valence-electron chi connectivity index (χ2n) is 9.76. The Bertz CT molecular complexity index is 1320. The topological polar surface area (TPSA) is 64.4 Å². The molecule has 9 heteroatoms. The summed E-state index contributed by atoms with van der Waals surface area (Å²) in [4.78, 5) is 5.14. The van der Waals surface area contributed by atoms with E-state index >= 15 is 0 Å². The fourth-order valence-electron chi connectivity index (χ4n) is 4.98. The van der Waals surface area contributed by atoms with E-state index in [0.717, 1.165) is 54.1 Å². The van der Waals surface area contributed by atoms with Crippen molar-refractivity contribution in [1.29, 1.82) is 0 Å². The van der Waals surface area contributed by atoms with Gasteiger partial charge in [0.05, 0.1) is 28.6 Å². The maximum absolute atomic E-state index is 13.8. The van der Waals surface area contributed by atoms with E-state index in [2.05, 4.69) is 11.5 Å². The molecule has 2 saturated heterocycles. The molecule has 0 amide bonds. The molecule has 35 heavy (non-hydrogen) atoms. The van der Waals surface area contributed by atoms with Crippen LogP contribution in [0.1, 0.15) is 43.7 Å². The number of imidazole rings is 1. The van der Waals surface area contributed by atoms with E-state index in [1.54, 1.807) is 40.3 Å². The van der Waals surface area contributed by atoms with Gasteiger partial charge in [-0.15, -0.1) is 0 Å². The predicted octanol–water partition coefficient (Wildman–Crippen LogP) is 5.38. The summed E-state index contributed by atoms with van der Waals surface area (Å²) in [7, 11) is -3.57. The summed E-state index contributed by atoms with van der Waals surface area (Å²) in [6.07, 6.45) is 4.09. The van der Waals surface area contributed by atoms with Crippen molar-refractivity contribution in [3.8, 4) is 0 Å². The van der Waals surface area contributed by atoms with Crippen LogP contribution in [-0.2, 0) is 27.1 Å². The summed E-state index contributed by atoms with van der Waals surface area (Å²) in [5.41, 5.74) is 3.51. The molecule has 2 aromatic carbocycles. The third-order valence-corrected chi connectivity index (χ3v) is 9.91. The van der Waals surface area contributed by atoms with Crippen LogP contribution in [0.4, 0.5) is 4.39 Å². The molecule has 1 aromatic heterocycles.